The minimum absolute atomic E-state index is 0.811. The van der Waals surface area contributed by atoms with Crippen LogP contribution >= 0.6 is 0 Å². The maximum absolute atomic E-state index is 4.63. The summed E-state index contributed by atoms with van der Waals surface area (Å²) in [6.07, 6.45) is 2.05. The molecule has 3 aromatic rings. The summed E-state index contributed by atoms with van der Waals surface area (Å²) in [7, 11) is 0. The Kier molecular flexibility index (Phi) is 2.95. The normalized spacial score (nSPS) is 10.8. The number of nitrogens with zero attached hydrogens (tertiary/aromatic N) is 2. The van der Waals surface area contributed by atoms with E-state index in [1.807, 2.05) is 13.0 Å². The molecule has 0 saturated heterocycles. The number of rotatable bonds is 3. The maximum atomic E-state index is 4.63. The molecular weight excluding hydrogens is 234 g/mol. The lowest BCUT2D eigenvalue weighted by molar-refractivity contribution is 1.08. The second kappa shape index (κ2) is 4.76. The van der Waals surface area contributed by atoms with Gasteiger partial charge >= 0.3 is 0 Å². The Morgan fingerprint density at radius 1 is 1.05 bits per heavy atom. The summed E-state index contributed by atoms with van der Waals surface area (Å²) < 4.78 is 2.13. The average Bonchev–Trinajstić information content (AvgIpc) is 2.74. The topological polar surface area (TPSA) is 29.3 Å². The molecular formula is C16H17N3. The van der Waals surface area contributed by atoms with Crippen LogP contribution in [-0.2, 0) is 6.54 Å². The number of imidazole rings is 1. The Hall–Kier alpha value is -2.29. The van der Waals surface area contributed by atoms with E-state index in [2.05, 4.69) is 64.2 Å². The molecule has 3 nitrogen and oxygen atoms in total. The molecule has 0 aliphatic carbocycles. The molecule has 0 saturated carbocycles. The predicted molar refractivity (Wildman–Crippen MR) is 78.4 cm³/mol. The highest BCUT2D eigenvalue weighted by molar-refractivity contribution is 5.68. The fourth-order valence-electron chi connectivity index (χ4n) is 2.23. The molecule has 2 aromatic heterocycles. The smallest absolute Gasteiger partial charge is 0.160 e. The highest BCUT2D eigenvalue weighted by Gasteiger charge is 2.07. The molecule has 0 fully saturated rings. The van der Waals surface area contributed by atoms with E-state index >= 15 is 0 Å². The monoisotopic (exact) mass is 251 g/mol. The Bertz CT molecular complexity index is 699. The molecule has 3 rings (SSSR count). The van der Waals surface area contributed by atoms with Crippen molar-refractivity contribution < 1.29 is 0 Å². The summed E-state index contributed by atoms with van der Waals surface area (Å²) in [5.41, 5.74) is 5.60. The van der Waals surface area contributed by atoms with Crippen LogP contribution in [0.3, 0.4) is 0 Å². The van der Waals surface area contributed by atoms with Gasteiger partial charge in [-0.3, -0.25) is 0 Å². The first-order chi connectivity index (χ1) is 9.25. The Morgan fingerprint density at radius 3 is 2.63 bits per heavy atom. The van der Waals surface area contributed by atoms with Crippen LogP contribution in [-0.4, -0.2) is 9.38 Å². The molecule has 0 amide bonds. The van der Waals surface area contributed by atoms with Crippen LogP contribution in [0, 0.1) is 13.8 Å². The van der Waals surface area contributed by atoms with Gasteiger partial charge in [-0.05, 0) is 31.5 Å². The second-order valence-electron chi connectivity index (χ2n) is 4.74. The van der Waals surface area contributed by atoms with Crippen LogP contribution in [0.25, 0.3) is 5.65 Å². The lowest BCUT2D eigenvalue weighted by Gasteiger charge is -2.08. The van der Waals surface area contributed by atoms with Crippen molar-refractivity contribution in [2.24, 2.45) is 0 Å². The van der Waals surface area contributed by atoms with Crippen molar-refractivity contribution in [1.29, 1.82) is 0 Å². The first-order valence-electron chi connectivity index (χ1n) is 6.48. The van der Waals surface area contributed by atoms with E-state index in [1.165, 1.54) is 11.3 Å². The molecule has 0 spiro atoms. The van der Waals surface area contributed by atoms with Crippen molar-refractivity contribution in [3.63, 3.8) is 0 Å². The number of aromatic nitrogens is 2. The van der Waals surface area contributed by atoms with Gasteiger partial charge in [0.1, 0.15) is 0 Å². The molecule has 19 heavy (non-hydrogen) atoms. The molecule has 3 heteroatoms. The first kappa shape index (κ1) is 11.8. The van der Waals surface area contributed by atoms with Crippen LogP contribution in [0.1, 0.15) is 17.0 Å². The molecule has 96 valence electrons. The summed E-state index contributed by atoms with van der Waals surface area (Å²) in [5.74, 6) is 0. The van der Waals surface area contributed by atoms with Gasteiger partial charge in [0.05, 0.1) is 11.4 Å². The van der Waals surface area contributed by atoms with E-state index in [1.54, 1.807) is 0 Å². The summed E-state index contributed by atoms with van der Waals surface area (Å²) >= 11 is 0. The molecule has 2 heterocycles. The van der Waals surface area contributed by atoms with Gasteiger partial charge < -0.3 is 9.72 Å². The third kappa shape index (κ3) is 2.19. The molecule has 0 aliphatic rings. The Balaban J connectivity index is 1.91. The van der Waals surface area contributed by atoms with Crippen molar-refractivity contribution in [2.45, 2.75) is 20.4 Å². The van der Waals surface area contributed by atoms with Crippen molar-refractivity contribution >= 4 is 11.3 Å². The van der Waals surface area contributed by atoms with Crippen molar-refractivity contribution in [3.8, 4) is 0 Å². The Morgan fingerprint density at radius 2 is 1.84 bits per heavy atom. The molecule has 1 aromatic carbocycles. The maximum Gasteiger partial charge on any atom is 0.160 e. The predicted octanol–water partition coefficient (Wildman–Crippen LogP) is 3.56. The Labute approximate surface area is 112 Å². The molecule has 0 aliphatic heterocycles. The van der Waals surface area contributed by atoms with Gasteiger partial charge in [-0.1, -0.05) is 30.3 Å². The van der Waals surface area contributed by atoms with Gasteiger partial charge in [-0.2, -0.15) is 0 Å². The van der Waals surface area contributed by atoms with Crippen LogP contribution in [0.15, 0.2) is 48.7 Å². The minimum atomic E-state index is 0.811. The number of benzene rings is 1. The summed E-state index contributed by atoms with van der Waals surface area (Å²) in [4.78, 5) is 4.63. The highest BCUT2D eigenvalue weighted by Crippen LogP contribution is 2.19. The van der Waals surface area contributed by atoms with Gasteiger partial charge in [0.2, 0.25) is 0 Å². The number of aryl methyl sites for hydroxylation is 2. The highest BCUT2D eigenvalue weighted by atomic mass is 15.0. The standard InChI is InChI=1S/C16H17N3/c1-12-13(2)19-10-6-9-15(16(19)18-12)17-11-14-7-4-3-5-8-14/h3-10,17H,11H2,1-2H3. The average molecular weight is 251 g/mol. The van der Waals surface area contributed by atoms with Crippen LogP contribution in [0.4, 0.5) is 5.69 Å². The van der Waals surface area contributed by atoms with Crippen LogP contribution < -0.4 is 5.32 Å². The zero-order valence-electron chi connectivity index (χ0n) is 11.2. The van der Waals surface area contributed by atoms with Gasteiger partial charge in [-0.25, -0.2) is 4.98 Å². The largest absolute Gasteiger partial charge is 0.378 e. The van der Waals surface area contributed by atoms with E-state index < -0.39 is 0 Å². The number of fused-ring (bicyclic) bond motifs is 1. The fourth-order valence-corrected chi connectivity index (χ4v) is 2.23. The number of nitrogens with one attached hydrogen (secondary N) is 1. The fraction of sp³-hybridized carbons (Fsp3) is 0.188. The molecule has 0 unspecified atom stereocenters. The third-order valence-electron chi connectivity index (χ3n) is 3.45. The minimum Gasteiger partial charge on any atom is -0.378 e. The van der Waals surface area contributed by atoms with E-state index in [4.69, 9.17) is 0 Å². The zero-order chi connectivity index (χ0) is 13.2. The molecule has 0 bridgehead atoms. The van der Waals surface area contributed by atoms with Gasteiger partial charge in [-0.15, -0.1) is 0 Å². The molecule has 0 radical (unpaired) electrons. The van der Waals surface area contributed by atoms with E-state index in [0.717, 1.165) is 23.6 Å². The second-order valence-corrected chi connectivity index (χ2v) is 4.74. The molecule has 0 atom stereocenters. The number of hydrogen-bond donors (Lipinski definition) is 1. The third-order valence-corrected chi connectivity index (χ3v) is 3.45. The molecule has 1 N–H and O–H groups in total. The first-order valence-corrected chi connectivity index (χ1v) is 6.48. The van der Waals surface area contributed by atoms with Crippen LogP contribution in [0.2, 0.25) is 0 Å². The summed E-state index contributed by atoms with van der Waals surface area (Å²) in [6.45, 7) is 4.95. The quantitative estimate of drug-likeness (QED) is 0.771. The van der Waals surface area contributed by atoms with Gasteiger partial charge in [0.25, 0.3) is 0 Å². The lowest BCUT2D eigenvalue weighted by atomic mass is 10.2. The number of pyridine rings is 1. The lowest BCUT2D eigenvalue weighted by Crippen LogP contribution is -2.01. The zero-order valence-corrected chi connectivity index (χ0v) is 11.2. The van der Waals surface area contributed by atoms with E-state index in [-0.39, 0.29) is 0 Å². The van der Waals surface area contributed by atoms with Crippen LogP contribution in [0.5, 0.6) is 0 Å². The van der Waals surface area contributed by atoms with Gasteiger partial charge in [0.15, 0.2) is 5.65 Å². The van der Waals surface area contributed by atoms with Crippen molar-refractivity contribution in [3.05, 3.63) is 65.6 Å². The van der Waals surface area contributed by atoms with Crippen molar-refractivity contribution in [2.75, 3.05) is 5.32 Å². The van der Waals surface area contributed by atoms with Gasteiger partial charge in [0, 0.05) is 18.4 Å². The summed E-state index contributed by atoms with van der Waals surface area (Å²) in [5, 5.41) is 3.46. The van der Waals surface area contributed by atoms with E-state index in [9.17, 15) is 0 Å². The number of hydrogen-bond acceptors (Lipinski definition) is 2. The number of anilines is 1. The summed E-state index contributed by atoms with van der Waals surface area (Å²) in [6, 6.07) is 14.5. The SMILES string of the molecule is Cc1nc2c(NCc3ccccc3)cccn2c1C. The van der Waals surface area contributed by atoms with E-state index in [0.29, 0.717) is 0 Å². The van der Waals surface area contributed by atoms with Crippen molar-refractivity contribution in [1.82, 2.24) is 9.38 Å².